The van der Waals surface area contributed by atoms with Crippen molar-refractivity contribution in [2.45, 2.75) is 17.2 Å². The molecule has 2 aromatic rings. The molecule has 5 N–H and O–H groups in total. The van der Waals surface area contributed by atoms with E-state index in [1.54, 1.807) is 12.1 Å². The molecule has 24 heavy (non-hydrogen) atoms. The highest BCUT2D eigenvalue weighted by Gasteiger charge is 2.25. The maximum atomic E-state index is 11.4. The summed E-state index contributed by atoms with van der Waals surface area (Å²) in [5.74, 6) is -0.728. The van der Waals surface area contributed by atoms with Crippen LogP contribution in [0.3, 0.4) is 0 Å². The fourth-order valence-electron chi connectivity index (χ4n) is 3.01. The predicted molar refractivity (Wildman–Crippen MR) is 91.0 cm³/mol. The van der Waals surface area contributed by atoms with Crippen LogP contribution in [0.4, 0.5) is 0 Å². The van der Waals surface area contributed by atoms with Crippen LogP contribution < -0.4 is 10.5 Å². The minimum atomic E-state index is -3.75. The summed E-state index contributed by atoms with van der Waals surface area (Å²) < 4.78 is 22.8. The summed E-state index contributed by atoms with van der Waals surface area (Å²) in [6.07, 6.45) is 0.619. The molecule has 0 aromatic heterocycles. The Balaban J connectivity index is 2.10. The summed E-state index contributed by atoms with van der Waals surface area (Å²) in [5, 5.41) is 28.3. The number of benzene rings is 2. The molecule has 1 heterocycles. The molecule has 1 aliphatic rings. The molecule has 1 aliphatic heterocycles. The molecule has 0 spiro atoms. The van der Waals surface area contributed by atoms with Crippen LogP contribution in [0.25, 0.3) is 0 Å². The van der Waals surface area contributed by atoms with Crippen molar-refractivity contribution < 1.29 is 18.6 Å². The first kappa shape index (κ1) is 17.0. The Morgan fingerprint density at radius 2 is 1.88 bits per heavy atom. The summed E-state index contributed by atoms with van der Waals surface area (Å²) in [5.41, 5.74) is 2.44. The molecule has 0 amide bonds. The second-order valence-corrected chi connectivity index (χ2v) is 7.69. The highest BCUT2D eigenvalue weighted by atomic mass is 35.5. The molecule has 0 saturated heterocycles. The minimum Gasteiger partial charge on any atom is -0.504 e. The third-order valence-electron chi connectivity index (χ3n) is 4.24. The predicted octanol–water partition coefficient (Wildman–Crippen LogP) is 1.68. The van der Waals surface area contributed by atoms with E-state index in [4.69, 9.17) is 16.7 Å². The summed E-state index contributed by atoms with van der Waals surface area (Å²) in [7, 11) is -3.75. The first-order chi connectivity index (χ1) is 11.3. The number of primary sulfonamides is 1. The number of phenolic OH excluding ortho intramolecular Hbond substituents is 2. The van der Waals surface area contributed by atoms with E-state index in [0.29, 0.717) is 19.5 Å². The van der Waals surface area contributed by atoms with Gasteiger partial charge in [0, 0.05) is 12.5 Å². The molecule has 2 aromatic carbocycles. The zero-order chi connectivity index (χ0) is 17.5. The number of nitrogens with one attached hydrogen (secondary N) is 1. The van der Waals surface area contributed by atoms with Gasteiger partial charge in [0.25, 0.3) is 0 Å². The number of rotatable bonds is 2. The lowest BCUT2D eigenvalue weighted by Crippen LogP contribution is -2.21. The maximum absolute atomic E-state index is 11.4. The Morgan fingerprint density at radius 3 is 2.50 bits per heavy atom. The zero-order valence-corrected chi connectivity index (χ0v) is 14.2. The highest BCUT2D eigenvalue weighted by molar-refractivity contribution is 7.89. The average molecular weight is 369 g/mol. The van der Waals surface area contributed by atoms with E-state index in [2.05, 4.69) is 5.32 Å². The van der Waals surface area contributed by atoms with Crippen LogP contribution in [-0.2, 0) is 16.4 Å². The van der Waals surface area contributed by atoms with Gasteiger partial charge < -0.3 is 15.5 Å². The van der Waals surface area contributed by atoms with Gasteiger partial charge in [-0.2, -0.15) is 0 Å². The molecule has 6 nitrogen and oxygen atoms in total. The van der Waals surface area contributed by atoms with E-state index in [9.17, 15) is 18.6 Å². The lowest BCUT2D eigenvalue weighted by Gasteiger charge is -2.20. The molecule has 0 saturated carbocycles. The van der Waals surface area contributed by atoms with Gasteiger partial charge in [0.2, 0.25) is 10.0 Å². The monoisotopic (exact) mass is 368 g/mol. The zero-order valence-electron chi connectivity index (χ0n) is 12.7. The van der Waals surface area contributed by atoms with Gasteiger partial charge in [0.15, 0.2) is 11.5 Å². The summed E-state index contributed by atoms with van der Waals surface area (Å²) in [6, 6.07) is 7.81. The molecule has 0 aliphatic carbocycles. The average Bonchev–Trinajstić information content (AvgIpc) is 2.74. The third-order valence-corrected chi connectivity index (χ3v) is 5.58. The van der Waals surface area contributed by atoms with E-state index in [-0.39, 0.29) is 27.3 Å². The summed E-state index contributed by atoms with van der Waals surface area (Å²) in [4.78, 5) is 0.0413. The largest absolute Gasteiger partial charge is 0.504 e. The third kappa shape index (κ3) is 3.08. The molecule has 8 heteroatoms. The Kier molecular flexibility index (Phi) is 4.44. The van der Waals surface area contributed by atoms with Crippen LogP contribution in [0.5, 0.6) is 11.5 Å². The first-order valence-electron chi connectivity index (χ1n) is 7.35. The Morgan fingerprint density at radius 1 is 1.21 bits per heavy atom. The molecule has 1 atom stereocenters. The molecular weight excluding hydrogens is 352 g/mol. The van der Waals surface area contributed by atoms with Crippen molar-refractivity contribution in [2.75, 3.05) is 13.1 Å². The van der Waals surface area contributed by atoms with E-state index >= 15 is 0 Å². The van der Waals surface area contributed by atoms with E-state index in [1.165, 1.54) is 18.2 Å². The van der Waals surface area contributed by atoms with Crippen LogP contribution >= 0.6 is 11.6 Å². The van der Waals surface area contributed by atoms with Crippen LogP contribution in [0.1, 0.15) is 22.6 Å². The molecule has 0 radical (unpaired) electrons. The number of halogens is 1. The summed E-state index contributed by atoms with van der Waals surface area (Å²) >= 11 is 6.19. The fourth-order valence-corrected chi connectivity index (χ4v) is 3.82. The second-order valence-electron chi connectivity index (χ2n) is 5.75. The van der Waals surface area contributed by atoms with Gasteiger partial charge in [0.1, 0.15) is 0 Å². The van der Waals surface area contributed by atoms with E-state index < -0.39 is 10.0 Å². The number of phenols is 2. The number of sulfonamides is 1. The van der Waals surface area contributed by atoms with Crippen molar-refractivity contribution >= 4 is 21.6 Å². The van der Waals surface area contributed by atoms with Gasteiger partial charge in [-0.3, -0.25) is 0 Å². The topological polar surface area (TPSA) is 113 Å². The van der Waals surface area contributed by atoms with Crippen molar-refractivity contribution in [3.63, 3.8) is 0 Å². The van der Waals surface area contributed by atoms with Crippen LogP contribution in [0.15, 0.2) is 35.2 Å². The molecule has 128 valence electrons. The molecule has 1 unspecified atom stereocenters. The lowest BCUT2D eigenvalue weighted by atomic mass is 9.87. The van der Waals surface area contributed by atoms with Crippen LogP contribution in [0.2, 0.25) is 5.02 Å². The maximum Gasteiger partial charge on any atom is 0.238 e. The van der Waals surface area contributed by atoms with Gasteiger partial charge in [-0.05, 0) is 47.9 Å². The van der Waals surface area contributed by atoms with Crippen LogP contribution in [-0.4, -0.2) is 31.7 Å². The van der Waals surface area contributed by atoms with Crippen molar-refractivity contribution in [1.29, 1.82) is 0 Å². The highest BCUT2D eigenvalue weighted by Crippen LogP contribution is 2.42. The minimum absolute atomic E-state index is 0.0413. The van der Waals surface area contributed by atoms with Gasteiger partial charge in [-0.1, -0.05) is 23.7 Å². The first-order valence-corrected chi connectivity index (χ1v) is 9.28. The van der Waals surface area contributed by atoms with Crippen molar-refractivity contribution in [2.24, 2.45) is 5.14 Å². The molecule has 3 rings (SSSR count). The Hall–Kier alpha value is -1.80. The number of hydrogen-bond acceptors (Lipinski definition) is 5. The SMILES string of the molecule is NS(=O)(=O)c1ccc(C2CNCCc3c2cc(O)c(O)c3Cl)cc1. The smallest absolute Gasteiger partial charge is 0.238 e. The second kappa shape index (κ2) is 6.25. The Labute approximate surface area is 144 Å². The van der Waals surface area contributed by atoms with Crippen molar-refractivity contribution in [1.82, 2.24) is 5.32 Å². The van der Waals surface area contributed by atoms with E-state index in [0.717, 1.165) is 16.7 Å². The standard InChI is InChI=1S/C16H17ClN2O4S/c17-15-11-5-6-19-8-13(12(11)7-14(20)16(15)21)9-1-3-10(4-2-9)24(18,22)23/h1-4,7,13,19-21H,5-6,8H2,(H2,18,22,23). The van der Waals surface area contributed by atoms with E-state index in [1.807, 2.05) is 0 Å². The molecular formula is C16H17ClN2O4S. The molecule has 0 bridgehead atoms. The fraction of sp³-hybridized carbons (Fsp3) is 0.250. The number of nitrogens with two attached hydrogens (primary N) is 1. The number of hydrogen-bond donors (Lipinski definition) is 4. The van der Waals surface area contributed by atoms with Crippen molar-refractivity contribution in [3.05, 3.63) is 52.0 Å². The lowest BCUT2D eigenvalue weighted by molar-refractivity contribution is 0.402. The van der Waals surface area contributed by atoms with Gasteiger partial charge in [0.05, 0.1) is 9.92 Å². The Bertz CT molecular complexity index is 882. The van der Waals surface area contributed by atoms with Gasteiger partial charge in [-0.15, -0.1) is 0 Å². The number of aromatic hydroxyl groups is 2. The normalized spacial score (nSPS) is 18.0. The number of fused-ring (bicyclic) bond motifs is 1. The summed E-state index contributed by atoms with van der Waals surface area (Å²) in [6.45, 7) is 1.28. The van der Waals surface area contributed by atoms with Crippen LogP contribution in [0, 0.1) is 0 Å². The van der Waals surface area contributed by atoms with Gasteiger partial charge in [-0.25, -0.2) is 13.6 Å². The van der Waals surface area contributed by atoms with Gasteiger partial charge >= 0.3 is 0 Å². The molecule has 0 fully saturated rings. The van der Waals surface area contributed by atoms with Crippen molar-refractivity contribution in [3.8, 4) is 11.5 Å². The quantitative estimate of drug-likeness (QED) is 0.602.